The highest BCUT2D eigenvalue weighted by Crippen LogP contribution is 2.38. The number of rotatable bonds is 1. The average Bonchev–Trinajstić information content (AvgIpc) is 3.07. The maximum Gasteiger partial charge on any atom is 0.253 e. The van der Waals surface area contributed by atoms with Gasteiger partial charge in [-0.25, -0.2) is 0 Å². The SMILES string of the molecule is Cc1ccc(C(=O)N2CC3CCCC3C2)cc1C#CCO. The van der Waals surface area contributed by atoms with Crippen LogP contribution in [-0.2, 0) is 0 Å². The van der Waals surface area contributed by atoms with Crippen molar-refractivity contribution < 1.29 is 9.90 Å². The summed E-state index contributed by atoms with van der Waals surface area (Å²) in [6, 6.07) is 5.68. The second-order valence-electron chi connectivity index (χ2n) is 6.15. The van der Waals surface area contributed by atoms with Crippen molar-refractivity contribution in [1.82, 2.24) is 4.90 Å². The molecule has 2 unspecified atom stereocenters. The molecular formula is C18H21NO2. The van der Waals surface area contributed by atoms with Crippen molar-refractivity contribution in [3.63, 3.8) is 0 Å². The van der Waals surface area contributed by atoms with Crippen molar-refractivity contribution in [2.45, 2.75) is 26.2 Å². The fraction of sp³-hybridized carbons (Fsp3) is 0.500. The minimum Gasteiger partial charge on any atom is -0.384 e. The Labute approximate surface area is 126 Å². The molecule has 3 rings (SSSR count). The molecule has 1 heterocycles. The highest BCUT2D eigenvalue weighted by Gasteiger charge is 2.38. The van der Waals surface area contributed by atoms with E-state index in [4.69, 9.17) is 5.11 Å². The second kappa shape index (κ2) is 5.91. The fourth-order valence-electron chi connectivity index (χ4n) is 3.61. The van der Waals surface area contributed by atoms with Crippen molar-refractivity contribution in [3.8, 4) is 11.8 Å². The number of aliphatic hydroxyl groups is 1. The second-order valence-corrected chi connectivity index (χ2v) is 6.15. The predicted octanol–water partition coefficient (Wildman–Crippen LogP) is 2.21. The van der Waals surface area contributed by atoms with E-state index in [2.05, 4.69) is 11.8 Å². The third-order valence-electron chi connectivity index (χ3n) is 4.80. The molecule has 1 aliphatic carbocycles. The van der Waals surface area contributed by atoms with E-state index in [1.165, 1.54) is 19.3 Å². The summed E-state index contributed by atoms with van der Waals surface area (Å²) in [7, 11) is 0. The molecule has 1 amide bonds. The van der Waals surface area contributed by atoms with E-state index in [0.717, 1.165) is 24.2 Å². The topological polar surface area (TPSA) is 40.5 Å². The van der Waals surface area contributed by atoms with Gasteiger partial charge in [-0.05, 0) is 49.3 Å². The normalized spacial score (nSPS) is 23.6. The van der Waals surface area contributed by atoms with E-state index in [9.17, 15) is 4.79 Å². The van der Waals surface area contributed by atoms with Crippen molar-refractivity contribution in [2.24, 2.45) is 11.8 Å². The van der Waals surface area contributed by atoms with Gasteiger partial charge in [0.25, 0.3) is 5.91 Å². The van der Waals surface area contributed by atoms with Crippen LogP contribution in [0, 0.1) is 30.6 Å². The minimum absolute atomic E-state index is 0.122. The molecule has 3 heteroatoms. The van der Waals surface area contributed by atoms with Crippen molar-refractivity contribution in [2.75, 3.05) is 19.7 Å². The molecule has 0 bridgehead atoms. The van der Waals surface area contributed by atoms with Crippen LogP contribution in [0.4, 0.5) is 0 Å². The highest BCUT2D eigenvalue weighted by atomic mass is 16.2. The van der Waals surface area contributed by atoms with E-state index >= 15 is 0 Å². The number of nitrogens with zero attached hydrogens (tertiary/aromatic N) is 1. The van der Waals surface area contributed by atoms with E-state index in [-0.39, 0.29) is 12.5 Å². The molecule has 0 radical (unpaired) electrons. The van der Waals surface area contributed by atoms with Crippen LogP contribution in [-0.4, -0.2) is 35.6 Å². The number of hydrogen-bond donors (Lipinski definition) is 1. The molecule has 0 spiro atoms. The quantitative estimate of drug-likeness (QED) is 0.803. The Balaban J connectivity index is 1.79. The van der Waals surface area contributed by atoms with E-state index < -0.39 is 0 Å². The molecule has 2 fully saturated rings. The molecule has 0 aromatic heterocycles. The van der Waals surface area contributed by atoms with Gasteiger partial charge in [0.05, 0.1) is 0 Å². The molecule has 3 nitrogen and oxygen atoms in total. The van der Waals surface area contributed by atoms with Gasteiger partial charge >= 0.3 is 0 Å². The van der Waals surface area contributed by atoms with E-state index in [1.807, 2.05) is 30.0 Å². The van der Waals surface area contributed by atoms with Gasteiger partial charge in [0, 0.05) is 24.2 Å². The zero-order chi connectivity index (χ0) is 14.8. The number of likely N-dealkylation sites (tertiary alicyclic amines) is 1. The first-order valence-electron chi connectivity index (χ1n) is 7.68. The summed E-state index contributed by atoms with van der Waals surface area (Å²) in [5, 5.41) is 8.81. The lowest BCUT2D eigenvalue weighted by Crippen LogP contribution is -2.29. The zero-order valence-electron chi connectivity index (χ0n) is 12.4. The van der Waals surface area contributed by atoms with Gasteiger partial charge in [0.1, 0.15) is 6.61 Å². The molecule has 1 N–H and O–H groups in total. The van der Waals surface area contributed by atoms with Gasteiger partial charge in [0.2, 0.25) is 0 Å². The summed E-state index contributed by atoms with van der Waals surface area (Å²) in [4.78, 5) is 14.6. The van der Waals surface area contributed by atoms with Crippen LogP contribution >= 0.6 is 0 Å². The first kappa shape index (κ1) is 14.2. The largest absolute Gasteiger partial charge is 0.384 e. The maximum atomic E-state index is 12.6. The van der Waals surface area contributed by atoms with Crippen LogP contribution in [0.2, 0.25) is 0 Å². The number of fused-ring (bicyclic) bond motifs is 1. The Bertz CT molecular complexity index is 599. The summed E-state index contributed by atoms with van der Waals surface area (Å²) in [6.07, 6.45) is 3.87. The van der Waals surface area contributed by atoms with Gasteiger partial charge in [-0.1, -0.05) is 24.3 Å². The molecule has 2 atom stereocenters. The number of amides is 1. The van der Waals surface area contributed by atoms with Gasteiger partial charge < -0.3 is 10.0 Å². The monoisotopic (exact) mass is 283 g/mol. The Morgan fingerprint density at radius 3 is 2.71 bits per heavy atom. The first-order chi connectivity index (χ1) is 10.2. The fourth-order valence-corrected chi connectivity index (χ4v) is 3.61. The molecule has 1 saturated carbocycles. The standard InChI is InChI=1S/C18H21NO2/c1-13-7-8-15(10-14(13)6-3-9-20)18(21)19-11-16-4-2-5-17(16)12-19/h7-8,10,16-17,20H,2,4-5,9,11-12H2,1H3. The zero-order valence-corrected chi connectivity index (χ0v) is 12.4. The lowest BCUT2D eigenvalue weighted by Gasteiger charge is -2.17. The van der Waals surface area contributed by atoms with E-state index in [0.29, 0.717) is 17.4 Å². The van der Waals surface area contributed by atoms with Crippen molar-refractivity contribution in [1.29, 1.82) is 0 Å². The van der Waals surface area contributed by atoms with Crippen LogP contribution in [0.1, 0.15) is 40.7 Å². The number of hydrogen-bond acceptors (Lipinski definition) is 2. The van der Waals surface area contributed by atoms with Crippen LogP contribution in [0.15, 0.2) is 18.2 Å². The average molecular weight is 283 g/mol. The van der Waals surface area contributed by atoms with Crippen molar-refractivity contribution >= 4 is 5.91 Å². The molecule has 21 heavy (non-hydrogen) atoms. The molecule has 1 aromatic rings. The number of carbonyl (C=O) groups excluding carboxylic acids is 1. The molecule has 1 aromatic carbocycles. The number of benzene rings is 1. The Hall–Kier alpha value is -1.79. The summed E-state index contributed by atoms with van der Waals surface area (Å²) in [6.45, 7) is 3.63. The lowest BCUT2D eigenvalue weighted by molar-refractivity contribution is 0.0780. The third-order valence-corrected chi connectivity index (χ3v) is 4.80. The van der Waals surface area contributed by atoms with Crippen LogP contribution < -0.4 is 0 Å². The number of aliphatic hydroxyl groups excluding tert-OH is 1. The molecule has 1 aliphatic heterocycles. The van der Waals surface area contributed by atoms with Crippen LogP contribution in [0.25, 0.3) is 0 Å². The Morgan fingerprint density at radius 2 is 2.05 bits per heavy atom. The minimum atomic E-state index is -0.160. The van der Waals surface area contributed by atoms with E-state index in [1.54, 1.807) is 0 Å². The molecular weight excluding hydrogens is 262 g/mol. The Kier molecular flexibility index (Phi) is 3.98. The summed E-state index contributed by atoms with van der Waals surface area (Å²) < 4.78 is 0. The van der Waals surface area contributed by atoms with Crippen LogP contribution in [0.5, 0.6) is 0 Å². The maximum absolute atomic E-state index is 12.6. The summed E-state index contributed by atoms with van der Waals surface area (Å²) >= 11 is 0. The highest BCUT2D eigenvalue weighted by molar-refractivity contribution is 5.95. The number of aryl methyl sites for hydroxylation is 1. The third kappa shape index (κ3) is 2.82. The van der Waals surface area contributed by atoms with Gasteiger partial charge in [0.15, 0.2) is 0 Å². The van der Waals surface area contributed by atoms with Gasteiger partial charge in [-0.3, -0.25) is 4.79 Å². The smallest absolute Gasteiger partial charge is 0.253 e. The molecule has 1 saturated heterocycles. The molecule has 110 valence electrons. The van der Waals surface area contributed by atoms with Crippen molar-refractivity contribution in [3.05, 3.63) is 34.9 Å². The molecule has 2 aliphatic rings. The first-order valence-corrected chi connectivity index (χ1v) is 7.68. The van der Waals surface area contributed by atoms with Crippen LogP contribution in [0.3, 0.4) is 0 Å². The Morgan fingerprint density at radius 1 is 1.33 bits per heavy atom. The lowest BCUT2D eigenvalue weighted by atomic mass is 10.0. The summed E-state index contributed by atoms with van der Waals surface area (Å²) in [5.74, 6) is 7.12. The predicted molar refractivity (Wildman–Crippen MR) is 81.9 cm³/mol. The summed E-state index contributed by atoms with van der Waals surface area (Å²) in [5.41, 5.74) is 2.57. The van der Waals surface area contributed by atoms with Gasteiger partial charge in [-0.15, -0.1) is 0 Å². The van der Waals surface area contributed by atoms with Gasteiger partial charge in [-0.2, -0.15) is 0 Å². The number of carbonyl (C=O) groups is 1.